The zero-order valence-electron chi connectivity index (χ0n) is 9.87. The average molecular weight is 264 g/mol. The van der Waals surface area contributed by atoms with Gasteiger partial charge < -0.3 is 9.84 Å². The molecule has 0 radical (unpaired) electrons. The molecule has 1 aromatic rings. The highest BCUT2D eigenvalue weighted by molar-refractivity contribution is 5.98. The molecule has 1 aliphatic rings. The summed E-state index contributed by atoms with van der Waals surface area (Å²) in [4.78, 5) is 23.6. The molecule has 1 aliphatic heterocycles. The second kappa shape index (κ2) is 5.51. The SMILES string of the molecule is O=C(/C=C/c1ccc2c(c1)N(CO)C(=O)CO2)NO. The van der Waals surface area contributed by atoms with E-state index in [0.717, 1.165) is 6.08 Å². The first kappa shape index (κ1) is 13.1. The second-order valence-corrected chi connectivity index (χ2v) is 3.79. The molecular weight excluding hydrogens is 252 g/mol. The Morgan fingerprint density at radius 1 is 1.53 bits per heavy atom. The third-order valence-corrected chi connectivity index (χ3v) is 2.60. The third kappa shape index (κ3) is 2.72. The van der Waals surface area contributed by atoms with Crippen molar-refractivity contribution in [3.8, 4) is 5.75 Å². The van der Waals surface area contributed by atoms with E-state index in [9.17, 15) is 14.7 Å². The molecule has 0 unspecified atom stereocenters. The van der Waals surface area contributed by atoms with Crippen LogP contribution in [-0.4, -0.2) is 35.5 Å². The van der Waals surface area contributed by atoms with Gasteiger partial charge in [0.05, 0.1) is 5.69 Å². The number of nitrogens with one attached hydrogen (secondary N) is 1. The Morgan fingerprint density at radius 3 is 3.00 bits per heavy atom. The van der Waals surface area contributed by atoms with Crippen LogP contribution in [0.3, 0.4) is 0 Å². The van der Waals surface area contributed by atoms with Crippen molar-refractivity contribution in [2.45, 2.75) is 0 Å². The van der Waals surface area contributed by atoms with Gasteiger partial charge in [0, 0.05) is 6.08 Å². The fourth-order valence-corrected chi connectivity index (χ4v) is 1.69. The fourth-order valence-electron chi connectivity index (χ4n) is 1.69. The number of fused-ring (bicyclic) bond motifs is 1. The average Bonchev–Trinajstić information content (AvgIpc) is 2.44. The zero-order valence-corrected chi connectivity index (χ0v) is 9.87. The molecule has 100 valence electrons. The third-order valence-electron chi connectivity index (χ3n) is 2.60. The molecule has 0 fully saturated rings. The number of benzene rings is 1. The maximum atomic E-state index is 11.5. The van der Waals surface area contributed by atoms with Crippen molar-refractivity contribution in [1.82, 2.24) is 5.48 Å². The number of anilines is 1. The van der Waals surface area contributed by atoms with Gasteiger partial charge in [-0.05, 0) is 23.8 Å². The number of hydroxylamine groups is 1. The molecule has 0 atom stereocenters. The lowest BCUT2D eigenvalue weighted by Gasteiger charge is -2.27. The van der Waals surface area contributed by atoms with Gasteiger partial charge in [-0.25, -0.2) is 5.48 Å². The Balaban J connectivity index is 2.31. The lowest BCUT2D eigenvalue weighted by Crippen LogP contribution is -2.39. The molecule has 0 aromatic heterocycles. The van der Waals surface area contributed by atoms with Crippen LogP contribution >= 0.6 is 0 Å². The molecule has 0 saturated carbocycles. The predicted octanol–water partition coefficient (Wildman–Crippen LogP) is -0.120. The van der Waals surface area contributed by atoms with Crippen LogP contribution < -0.4 is 15.1 Å². The van der Waals surface area contributed by atoms with E-state index in [4.69, 9.17) is 9.94 Å². The van der Waals surface area contributed by atoms with E-state index < -0.39 is 12.6 Å². The number of aliphatic hydroxyl groups excluding tert-OH is 1. The largest absolute Gasteiger partial charge is 0.482 e. The van der Waals surface area contributed by atoms with Gasteiger partial charge >= 0.3 is 0 Å². The van der Waals surface area contributed by atoms with Crippen molar-refractivity contribution in [2.24, 2.45) is 0 Å². The van der Waals surface area contributed by atoms with Crippen LogP contribution in [0.25, 0.3) is 6.08 Å². The highest BCUT2D eigenvalue weighted by Crippen LogP contribution is 2.32. The van der Waals surface area contributed by atoms with Crippen LogP contribution in [0.5, 0.6) is 5.75 Å². The molecule has 0 spiro atoms. The number of rotatable bonds is 3. The van der Waals surface area contributed by atoms with Crippen molar-refractivity contribution in [1.29, 1.82) is 0 Å². The van der Waals surface area contributed by atoms with Gasteiger partial charge in [0.25, 0.3) is 11.8 Å². The molecule has 1 heterocycles. The van der Waals surface area contributed by atoms with Crippen molar-refractivity contribution in [2.75, 3.05) is 18.2 Å². The summed E-state index contributed by atoms with van der Waals surface area (Å²) < 4.78 is 5.22. The Kier molecular flexibility index (Phi) is 3.79. The number of carbonyl (C=O) groups excluding carboxylic acids is 2. The lowest BCUT2D eigenvalue weighted by molar-refractivity contribution is -0.124. The minimum Gasteiger partial charge on any atom is -0.482 e. The number of amides is 2. The van der Waals surface area contributed by atoms with Crippen molar-refractivity contribution in [3.63, 3.8) is 0 Å². The number of hydrogen-bond donors (Lipinski definition) is 3. The van der Waals surface area contributed by atoms with E-state index in [0.29, 0.717) is 17.0 Å². The minimum atomic E-state index is -0.663. The molecule has 0 saturated heterocycles. The molecule has 1 aromatic carbocycles. The van der Waals surface area contributed by atoms with Crippen LogP contribution in [0, 0.1) is 0 Å². The van der Waals surface area contributed by atoms with E-state index in [-0.39, 0.29) is 12.5 Å². The molecule has 0 bridgehead atoms. The second-order valence-electron chi connectivity index (χ2n) is 3.79. The number of carbonyl (C=O) groups is 2. The van der Waals surface area contributed by atoms with Crippen molar-refractivity contribution >= 4 is 23.6 Å². The van der Waals surface area contributed by atoms with E-state index in [2.05, 4.69) is 0 Å². The van der Waals surface area contributed by atoms with Crippen LogP contribution in [0.15, 0.2) is 24.3 Å². The van der Waals surface area contributed by atoms with Crippen molar-refractivity contribution in [3.05, 3.63) is 29.8 Å². The summed E-state index contributed by atoms with van der Waals surface area (Å²) in [5, 5.41) is 17.6. The van der Waals surface area contributed by atoms with Gasteiger partial charge in [-0.3, -0.25) is 19.7 Å². The molecule has 2 rings (SSSR count). The summed E-state index contributed by atoms with van der Waals surface area (Å²) in [5.74, 6) is -0.522. The number of hydrogen-bond acceptors (Lipinski definition) is 5. The van der Waals surface area contributed by atoms with Gasteiger partial charge in [-0.1, -0.05) is 6.07 Å². The molecular formula is C12H12N2O5. The molecule has 19 heavy (non-hydrogen) atoms. The Hall–Kier alpha value is -2.38. The van der Waals surface area contributed by atoms with Crippen LogP contribution in [0.2, 0.25) is 0 Å². The monoisotopic (exact) mass is 264 g/mol. The van der Waals surface area contributed by atoms with E-state index >= 15 is 0 Å². The van der Waals surface area contributed by atoms with Gasteiger partial charge in [0.2, 0.25) is 0 Å². The standard InChI is InChI=1S/C12H12N2O5/c15-7-14-9-5-8(2-4-11(16)13-18)1-3-10(9)19-6-12(14)17/h1-5,15,18H,6-7H2,(H,13,16)/b4-2+. The normalized spacial score (nSPS) is 14.2. The molecule has 3 N–H and O–H groups in total. The van der Waals surface area contributed by atoms with Crippen LogP contribution in [0.1, 0.15) is 5.56 Å². The Bertz CT molecular complexity index is 541. The van der Waals surface area contributed by atoms with E-state index in [1.807, 2.05) is 0 Å². The molecule has 2 amide bonds. The van der Waals surface area contributed by atoms with Crippen LogP contribution in [0.4, 0.5) is 5.69 Å². The number of ether oxygens (including phenoxy) is 1. The number of nitrogens with zero attached hydrogens (tertiary/aromatic N) is 1. The minimum absolute atomic E-state index is 0.115. The summed E-state index contributed by atoms with van der Waals surface area (Å²) in [6.07, 6.45) is 2.59. The Labute approximate surface area is 108 Å². The Morgan fingerprint density at radius 2 is 2.32 bits per heavy atom. The zero-order chi connectivity index (χ0) is 13.8. The number of aliphatic hydroxyl groups is 1. The summed E-state index contributed by atoms with van der Waals surface area (Å²) >= 11 is 0. The van der Waals surface area contributed by atoms with Gasteiger partial charge in [0.15, 0.2) is 6.61 Å². The quantitative estimate of drug-likeness (QED) is 0.401. The van der Waals surface area contributed by atoms with Gasteiger partial charge in [0.1, 0.15) is 12.5 Å². The van der Waals surface area contributed by atoms with Crippen LogP contribution in [-0.2, 0) is 9.59 Å². The van der Waals surface area contributed by atoms with E-state index in [1.165, 1.54) is 16.5 Å². The smallest absolute Gasteiger partial charge is 0.267 e. The molecule has 0 aliphatic carbocycles. The highest BCUT2D eigenvalue weighted by Gasteiger charge is 2.24. The predicted molar refractivity (Wildman–Crippen MR) is 65.5 cm³/mol. The maximum absolute atomic E-state index is 11.5. The summed E-state index contributed by atoms with van der Waals surface area (Å²) in [7, 11) is 0. The summed E-state index contributed by atoms with van der Waals surface area (Å²) in [5.41, 5.74) is 2.53. The first-order valence-electron chi connectivity index (χ1n) is 5.46. The van der Waals surface area contributed by atoms with Gasteiger partial charge in [-0.2, -0.15) is 0 Å². The van der Waals surface area contributed by atoms with Gasteiger partial charge in [-0.15, -0.1) is 0 Å². The lowest BCUT2D eigenvalue weighted by atomic mass is 10.1. The van der Waals surface area contributed by atoms with E-state index in [1.54, 1.807) is 18.2 Å². The maximum Gasteiger partial charge on any atom is 0.267 e. The first-order valence-corrected chi connectivity index (χ1v) is 5.46. The highest BCUT2D eigenvalue weighted by atomic mass is 16.5. The first-order chi connectivity index (χ1) is 9.15. The fraction of sp³-hybridized carbons (Fsp3) is 0.167. The van der Waals surface area contributed by atoms with Crippen molar-refractivity contribution < 1.29 is 24.6 Å². The molecule has 7 heteroatoms. The summed E-state index contributed by atoms with van der Waals surface area (Å²) in [6, 6.07) is 4.93. The molecule has 7 nitrogen and oxygen atoms in total. The summed E-state index contributed by atoms with van der Waals surface area (Å²) in [6.45, 7) is -0.560. The topological polar surface area (TPSA) is 99.1 Å².